The Morgan fingerprint density at radius 2 is 1.69 bits per heavy atom. The van der Waals surface area contributed by atoms with E-state index in [4.69, 9.17) is 9.47 Å². The molecule has 0 bridgehead atoms. The van der Waals surface area contributed by atoms with Crippen LogP contribution in [-0.2, 0) is 4.74 Å². The number of halogens is 1. The largest absolute Gasteiger partial charge is 0.417 e. The van der Waals surface area contributed by atoms with Gasteiger partial charge in [-0.15, -0.1) is 0 Å². The molecule has 1 atom stereocenters. The Bertz CT molecular complexity index is 739. The first kappa shape index (κ1) is 18.4. The van der Waals surface area contributed by atoms with Gasteiger partial charge in [-0.2, -0.15) is 0 Å². The maximum atomic E-state index is 13.0. The minimum absolute atomic E-state index is 0.265. The van der Waals surface area contributed by atoms with E-state index in [1.165, 1.54) is 12.1 Å². The molecule has 0 N–H and O–H groups in total. The molecule has 1 unspecified atom stereocenters. The molecular formula is C21H24FNO3. The molecule has 3 rings (SSSR count). The van der Waals surface area contributed by atoms with Crippen molar-refractivity contribution in [1.29, 1.82) is 0 Å². The van der Waals surface area contributed by atoms with Gasteiger partial charge in [0.2, 0.25) is 0 Å². The third kappa shape index (κ3) is 3.73. The molecule has 2 aromatic rings. The molecule has 1 aliphatic heterocycles. The van der Waals surface area contributed by atoms with Crippen LogP contribution in [0.25, 0.3) is 11.1 Å². The lowest BCUT2D eigenvalue weighted by molar-refractivity contribution is -0.140. The number of ether oxygens (including phenoxy) is 2. The lowest BCUT2D eigenvalue weighted by atomic mass is 9.96. The molecule has 0 spiro atoms. The van der Waals surface area contributed by atoms with Gasteiger partial charge >= 0.3 is 6.09 Å². The highest BCUT2D eigenvalue weighted by Gasteiger charge is 2.41. The number of rotatable bonds is 4. The molecule has 4 nitrogen and oxygen atoms in total. The van der Waals surface area contributed by atoms with E-state index in [2.05, 4.69) is 0 Å². The SMILES string of the molecule is CCC1(OC)CCCCN1C(=O)Oc1ccc(-c2ccc(F)cc2)cc1. The van der Waals surface area contributed by atoms with Crippen LogP contribution >= 0.6 is 0 Å². The van der Waals surface area contributed by atoms with Crippen molar-refractivity contribution in [3.8, 4) is 16.9 Å². The van der Waals surface area contributed by atoms with Crippen molar-refractivity contribution in [3.63, 3.8) is 0 Å². The Balaban J connectivity index is 1.72. The van der Waals surface area contributed by atoms with Crippen LogP contribution in [0.3, 0.4) is 0 Å². The molecule has 26 heavy (non-hydrogen) atoms. The molecule has 0 aliphatic carbocycles. The summed E-state index contributed by atoms with van der Waals surface area (Å²) in [5, 5.41) is 0. The topological polar surface area (TPSA) is 38.8 Å². The van der Waals surface area contributed by atoms with Gasteiger partial charge in [0.1, 0.15) is 17.3 Å². The van der Waals surface area contributed by atoms with Crippen LogP contribution in [0.4, 0.5) is 9.18 Å². The third-order valence-corrected chi connectivity index (χ3v) is 5.08. The van der Waals surface area contributed by atoms with Crippen molar-refractivity contribution in [2.45, 2.75) is 38.3 Å². The Kier molecular flexibility index (Phi) is 5.57. The zero-order valence-corrected chi connectivity index (χ0v) is 15.2. The second-order valence-corrected chi connectivity index (χ2v) is 6.51. The monoisotopic (exact) mass is 357 g/mol. The molecule has 1 heterocycles. The molecule has 0 aromatic heterocycles. The van der Waals surface area contributed by atoms with Crippen molar-refractivity contribution in [3.05, 3.63) is 54.3 Å². The molecule has 1 saturated heterocycles. The summed E-state index contributed by atoms with van der Waals surface area (Å²) in [6.07, 6.45) is 3.14. The number of hydrogen-bond donors (Lipinski definition) is 0. The van der Waals surface area contributed by atoms with Gasteiger partial charge in [0.05, 0.1) is 0 Å². The van der Waals surface area contributed by atoms with Gasteiger partial charge in [0.25, 0.3) is 0 Å². The molecule has 1 fully saturated rings. The standard InChI is InChI=1S/C21H24FNO3/c1-3-21(25-2)14-4-5-15-23(21)20(24)26-19-12-8-17(9-13-19)16-6-10-18(22)11-7-16/h6-13H,3-5,14-15H2,1-2H3. The summed E-state index contributed by atoms with van der Waals surface area (Å²) in [6, 6.07) is 13.5. The maximum absolute atomic E-state index is 13.0. The van der Waals surface area contributed by atoms with Crippen LogP contribution in [0.2, 0.25) is 0 Å². The second kappa shape index (κ2) is 7.87. The number of carbonyl (C=O) groups excluding carboxylic acids is 1. The van der Waals surface area contributed by atoms with Crippen LogP contribution in [0.5, 0.6) is 5.75 Å². The number of piperidine rings is 1. The predicted octanol–water partition coefficient (Wildman–Crippen LogP) is 5.23. The minimum atomic E-state index is -0.580. The fraction of sp³-hybridized carbons (Fsp3) is 0.381. The molecule has 5 heteroatoms. The van der Waals surface area contributed by atoms with Crippen LogP contribution in [0.1, 0.15) is 32.6 Å². The van der Waals surface area contributed by atoms with Gasteiger partial charge in [-0.1, -0.05) is 31.2 Å². The second-order valence-electron chi connectivity index (χ2n) is 6.51. The van der Waals surface area contributed by atoms with E-state index in [-0.39, 0.29) is 11.9 Å². The van der Waals surface area contributed by atoms with Crippen LogP contribution in [0.15, 0.2) is 48.5 Å². The van der Waals surface area contributed by atoms with Gasteiger partial charge in [-0.05, 0) is 61.1 Å². The smallest absolute Gasteiger partial charge is 0.410 e. The average molecular weight is 357 g/mol. The summed E-state index contributed by atoms with van der Waals surface area (Å²) in [6.45, 7) is 2.65. The van der Waals surface area contributed by atoms with E-state index >= 15 is 0 Å². The van der Waals surface area contributed by atoms with Crippen molar-refractivity contribution in [2.24, 2.45) is 0 Å². The van der Waals surface area contributed by atoms with Gasteiger partial charge < -0.3 is 9.47 Å². The van der Waals surface area contributed by atoms with Crippen LogP contribution in [-0.4, -0.2) is 30.4 Å². The highest BCUT2D eigenvalue weighted by atomic mass is 19.1. The number of methoxy groups -OCH3 is 1. The first-order chi connectivity index (χ1) is 12.6. The molecule has 2 aromatic carbocycles. The summed E-state index contributed by atoms with van der Waals surface area (Å²) in [5.74, 6) is 0.214. The number of hydrogen-bond acceptors (Lipinski definition) is 3. The first-order valence-electron chi connectivity index (χ1n) is 8.98. The predicted molar refractivity (Wildman–Crippen MR) is 98.4 cm³/mol. The minimum Gasteiger partial charge on any atom is -0.410 e. The summed E-state index contributed by atoms with van der Waals surface area (Å²) >= 11 is 0. The van der Waals surface area contributed by atoms with Crippen LogP contribution in [0, 0.1) is 5.82 Å². The Morgan fingerprint density at radius 3 is 2.27 bits per heavy atom. The van der Waals surface area contributed by atoms with Gasteiger partial charge in [-0.25, -0.2) is 9.18 Å². The third-order valence-electron chi connectivity index (χ3n) is 5.08. The average Bonchev–Trinajstić information content (AvgIpc) is 2.69. The van der Waals surface area contributed by atoms with Crippen molar-refractivity contribution in [1.82, 2.24) is 4.90 Å². The fourth-order valence-corrected chi connectivity index (χ4v) is 3.51. The lowest BCUT2D eigenvalue weighted by Gasteiger charge is -2.44. The van der Waals surface area contributed by atoms with Crippen LogP contribution < -0.4 is 4.74 Å². The molecule has 1 amide bonds. The van der Waals surface area contributed by atoms with E-state index in [1.54, 1.807) is 36.3 Å². The Hall–Kier alpha value is -2.40. The zero-order valence-electron chi connectivity index (χ0n) is 15.2. The van der Waals surface area contributed by atoms with Crippen molar-refractivity contribution >= 4 is 6.09 Å². The van der Waals surface area contributed by atoms with E-state index in [0.717, 1.165) is 36.8 Å². The number of nitrogens with zero attached hydrogens (tertiary/aromatic N) is 1. The Morgan fingerprint density at radius 1 is 1.08 bits per heavy atom. The van der Waals surface area contributed by atoms with E-state index in [1.807, 2.05) is 19.1 Å². The highest BCUT2D eigenvalue weighted by molar-refractivity contribution is 5.72. The first-order valence-corrected chi connectivity index (χ1v) is 8.98. The van der Waals surface area contributed by atoms with Crippen molar-refractivity contribution in [2.75, 3.05) is 13.7 Å². The molecule has 1 aliphatic rings. The van der Waals surface area contributed by atoms with Gasteiger partial charge in [0, 0.05) is 13.7 Å². The summed E-state index contributed by atoms with van der Waals surface area (Å²) in [7, 11) is 1.65. The molecule has 138 valence electrons. The molecule has 0 saturated carbocycles. The number of carbonyl (C=O) groups is 1. The number of likely N-dealkylation sites (tertiary alicyclic amines) is 1. The lowest BCUT2D eigenvalue weighted by Crippen LogP contribution is -2.56. The van der Waals surface area contributed by atoms with Crippen molar-refractivity contribution < 1.29 is 18.7 Å². The fourth-order valence-electron chi connectivity index (χ4n) is 3.51. The van der Waals surface area contributed by atoms with E-state index in [9.17, 15) is 9.18 Å². The quantitative estimate of drug-likeness (QED) is 0.752. The maximum Gasteiger partial charge on any atom is 0.417 e. The zero-order chi connectivity index (χ0) is 18.6. The van der Waals surface area contributed by atoms with Gasteiger partial charge in [0.15, 0.2) is 0 Å². The summed E-state index contributed by atoms with van der Waals surface area (Å²) in [5.41, 5.74) is 1.26. The highest BCUT2D eigenvalue weighted by Crippen LogP contribution is 2.33. The molecule has 0 radical (unpaired) electrons. The van der Waals surface area contributed by atoms with Gasteiger partial charge in [-0.3, -0.25) is 4.90 Å². The summed E-state index contributed by atoms with van der Waals surface area (Å²) < 4.78 is 24.3. The number of benzene rings is 2. The normalized spacial score (nSPS) is 20.0. The van der Waals surface area contributed by atoms with E-state index in [0.29, 0.717) is 12.3 Å². The number of amides is 1. The molecular weight excluding hydrogens is 333 g/mol. The summed E-state index contributed by atoms with van der Waals surface area (Å²) in [4.78, 5) is 14.4. The van der Waals surface area contributed by atoms with E-state index < -0.39 is 5.72 Å². The Labute approximate surface area is 153 Å².